The Morgan fingerprint density at radius 3 is 2.06 bits per heavy atom. The zero-order valence-corrected chi connectivity index (χ0v) is 37.1. The molecule has 2 aliphatic heterocycles. The summed E-state index contributed by atoms with van der Waals surface area (Å²) in [6.07, 6.45) is 7.75. The quantitative estimate of drug-likeness (QED) is 0.102. The molecule has 328 valence electrons. The van der Waals surface area contributed by atoms with Crippen LogP contribution < -0.4 is 10.6 Å². The number of nitrogens with zero attached hydrogens (tertiary/aromatic N) is 4. The van der Waals surface area contributed by atoms with Crippen molar-refractivity contribution in [2.45, 2.75) is 129 Å². The molecule has 3 aliphatic rings. The van der Waals surface area contributed by atoms with Gasteiger partial charge in [0.05, 0.1) is 49.2 Å². The molecule has 0 radical (unpaired) electrons. The van der Waals surface area contributed by atoms with Gasteiger partial charge in [0.2, 0.25) is 11.8 Å². The van der Waals surface area contributed by atoms with E-state index in [1.165, 1.54) is 30.9 Å². The van der Waals surface area contributed by atoms with Crippen molar-refractivity contribution in [2.24, 2.45) is 11.8 Å². The van der Waals surface area contributed by atoms with Crippen molar-refractivity contribution in [3.8, 4) is 22.4 Å². The number of H-pyrrole nitrogens is 2. The lowest BCUT2D eigenvalue weighted by atomic mass is 9.91. The van der Waals surface area contributed by atoms with E-state index < -0.39 is 24.3 Å². The number of hydrogen-bond donors (Lipinski definition) is 4. The summed E-state index contributed by atoms with van der Waals surface area (Å²) in [4.78, 5) is 73.5. The number of nitrogens with one attached hydrogen (secondary N) is 4. The smallest absolute Gasteiger partial charge is 0.407 e. The molecule has 3 aromatic carbocycles. The number of likely N-dealkylation sites (tertiary alicyclic amines) is 2. The number of benzene rings is 3. The first-order valence-electron chi connectivity index (χ1n) is 22.3. The van der Waals surface area contributed by atoms with Crippen LogP contribution in [0.5, 0.6) is 0 Å². The number of aromatic nitrogens is 4. The van der Waals surface area contributed by atoms with Gasteiger partial charge in [-0.1, -0.05) is 65.0 Å². The number of fused-ring (bicyclic) bond motifs is 4. The standard InChI is InChI=1S/C48H60N8O6/c1-9-30-16-22-38(56(30)46(58)41(26(4)5)54-48(60)62-8)43-49-24-37(51-43)35-19-18-31(33-11-10-12-34(33)35)28-14-17-32-29(23-28)15-20-36-42(32)52-44(50-36)39-21-13-27(6)55(39)45(57)40(25(2)3)53-47(59)61-7/h14-15,17-20,23-27,30,38-41H,9-13,16,21-22H2,1-8H3,(H,49,51)(H,50,52)(H,53,59)(H,54,60)/t27-,30-,38-,39?,40-,41-/m0/s1. The van der Waals surface area contributed by atoms with Crippen molar-refractivity contribution in [3.63, 3.8) is 0 Å². The predicted octanol–water partition coefficient (Wildman–Crippen LogP) is 8.52. The van der Waals surface area contributed by atoms with Gasteiger partial charge < -0.3 is 39.9 Å². The van der Waals surface area contributed by atoms with E-state index in [0.29, 0.717) is 0 Å². The summed E-state index contributed by atoms with van der Waals surface area (Å²) in [5.41, 5.74) is 8.89. The molecule has 5 aromatic rings. The van der Waals surface area contributed by atoms with E-state index in [2.05, 4.69) is 76.9 Å². The summed E-state index contributed by atoms with van der Waals surface area (Å²) in [6.45, 7) is 11.8. The average Bonchev–Trinajstić information content (AvgIpc) is 4.12. The molecule has 1 aliphatic carbocycles. The molecule has 8 rings (SSSR count). The number of carbonyl (C=O) groups is 4. The lowest BCUT2D eigenvalue weighted by molar-refractivity contribution is -0.138. The topological polar surface area (TPSA) is 175 Å². The van der Waals surface area contributed by atoms with Gasteiger partial charge in [-0.05, 0) is 110 Å². The van der Waals surface area contributed by atoms with Crippen LogP contribution in [0.3, 0.4) is 0 Å². The highest BCUT2D eigenvalue weighted by atomic mass is 16.5. The third kappa shape index (κ3) is 7.77. The Kier molecular flexibility index (Phi) is 12.0. The second kappa shape index (κ2) is 17.5. The molecular formula is C48H60N8O6. The molecule has 0 spiro atoms. The van der Waals surface area contributed by atoms with Crippen LogP contribution in [0.4, 0.5) is 9.59 Å². The fourth-order valence-electron chi connectivity index (χ4n) is 10.2. The number of hydrogen-bond acceptors (Lipinski definition) is 8. The van der Waals surface area contributed by atoms with E-state index in [-0.39, 0.29) is 47.8 Å². The number of methoxy groups -OCH3 is 2. The summed E-state index contributed by atoms with van der Waals surface area (Å²) in [7, 11) is 2.61. The van der Waals surface area contributed by atoms with Crippen LogP contribution in [0.15, 0.2) is 48.7 Å². The van der Waals surface area contributed by atoms with Gasteiger partial charge in [-0.2, -0.15) is 0 Å². The molecule has 4 N–H and O–H groups in total. The molecule has 0 bridgehead atoms. The molecule has 2 saturated heterocycles. The SMILES string of the molecule is CC[C@H]1CC[C@@H](c2ncc(-c3ccc(-c4ccc5c(ccc6[nH]c(C7CC[C@H](C)N7C(=O)[C@@H](NC(=O)OC)C(C)C)nc65)c4)c4c3CCC4)[nH]2)N1C(=O)[C@@H](NC(=O)OC)C(C)C. The Morgan fingerprint density at radius 1 is 0.774 bits per heavy atom. The minimum absolute atomic E-state index is 0.00752. The number of ether oxygens (including phenoxy) is 2. The molecular weight excluding hydrogens is 785 g/mol. The van der Waals surface area contributed by atoms with Crippen LogP contribution in [0.25, 0.3) is 44.2 Å². The second-order valence-electron chi connectivity index (χ2n) is 18.0. The molecule has 1 unspecified atom stereocenters. The largest absolute Gasteiger partial charge is 0.453 e. The molecule has 2 fully saturated rings. The van der Waals surface area contributed by atoms with Crippen LogP contribution in [-0.4, -0.2) is 92.1 Å². The Bertz CT molecular complexity index is 2510. The molecule has 62 heavy (non-hydrogen) atoms. The van der Waals surface area contributed by atoms with Crippen molar-refractivity contribution in [2.75, 3.05) is 14.2 Å². The van der Waals surface area contributed by atoms with Crippen LogP contribution in [0.1, 0.15) is 115 Å². The summed E-state index contributed by atoms with van der Waals surface area (Å²) in [5.74, 6) is 1.03. The summed E-state index contributed by atoms with van der Waals surface area (Å²) in [5, 5.41) is 7.64. The molecule has 0 saturated carbocycles. The summed E-state index contributed by atoms with van der Waals surface area (Å²) in [6, 6.07) is 13.4. The zero-order valence-electron chi connectivity index (χ0n) is 37.1. The first-order chi connectivity index (χ1) is 29.8. The molecule has 2 aromatic heterocycles. The predicted molar refractivity (Wildman–Crippen MR) is 238 cm³/mol. The third-order valence-corrected chi connectivity index (χ3v) is 13.5. The van der Waals surface area contributed by atoms with Crippen LogP contribution in [0, 0.1) is 11.8 Å². The Morgan fingerprint density at radius 2 is 1.40 bits per heavy atom. The van der Waals surface area contributed by atoms with Gasteiger partial charge >= 0.3 is 12.2 Å². The molecule has 4 heterocycles. The number of carbonyl (C=O) groups excluding carboxylic acids is 4. The van der Waals surface area contributed by atoms with Crippen molar-refractivity contribution >= 4 is 45.8 Å². The van der Waals surface area contributed by atoms with Gasteiger partial charge in [0.15, 0.2) is 0 Å². The number of imidazole rings is 2. The first-order valence-corrected chi connectivity index (χ1v) is 22.3. The number of aromatic amines is 2. The maximum Gasteiger partial charge on any atom is 0.407 e. The zero-order chi connectivity index (χ0) is 44.0. The normalized spacial score (nSPS) is 20.9. The molecule has 4 amide bonds. The highest BCUT2D eigenvalue weighted by Gasteiger charge is 2.43. The van der Waals surface area contributed by atoms with Crippen molar-refractivity contribution in [1.29, 1.82) is 0 Å². The van der Waals surface area contributed by atoms with Crippen molar-refractivity contribution in [3.05, 3.63) is 71.4 Å². The van der Waals surface area contributed by atoms with E-state index >= 15 is 0 Å². The van der Waals surface area contributed by atoms with E-state index in [1.54, 1.807) is 0 Å². The fourth-order valence-corrected chi connectivity index (χ4v) is 10.2. The van der Waals surface area contributed by atoms with Crippen molar-refractivity contribution < 1.29 is 28.7 Å². The molecule has 14 heteroatoms. The molecule has 14 nitrogen and oxygen atoms in total. The van der Waals surface area contributed by atoms with Gasteiger partial charge in [0, 0.05) is 23.0 Å². The van der Waals surface area contributed by atoms with Gasteiger partial charge in [0.25, 0.3) is 0 Å². The van der Waals surface area contributed by atoms with Crippen LogP contribution in [0.2, 0.25) is 0 Å². The van der Waals surface area contributed by atoms with Gasteiger partial charge in [-0.3, -0.25) is 9.59 Å². The monoisotopic (exact) mass is 844 g/mol. The van der Waals surface area contributed by atoms with Crippen LogP contribution in [-0.2, 0) is 31.9 Å². The maximum atomic E-state index is 14.1. The van der Waals surface area contributed by atoms with Gasteiger partial charge in [0.1, 0.15) is 23.7 Å². The highest BCUT2D eigenvalue weighted by molar-refractivity contribution is 6.05. The Labute approximate surface area is 362 Å². The minimum atomic E-state index is -0.711. The van der Waals surface area contributed by atoms with Crippen LogP contribution >= 0.6 is 0 Å². The maximum absolute atomic E-state index is 14.1. The van der Waals surface area contributed by atoms with E-state index in [0.717, 1.165) is 102 Å². The average molecular weight is 845 g/mol. The van der Waals surface area contributed by atoms with Crippen molar-refractivity contribution in [1.82, 2.24) is 40.4 Å². The lowest BCUT2D eigenvalue weighted by Crippen LogP contribution is -2.53. The summed E-state index contributed by atoms with van der Waals surface area (Å²) < 4.78 is 9.69. The molecule has 6 atom stereocenters. The number of rotatable bonds is 11. The second-order valence-corrected chi connectivity index (χ2v) is 18.0. The summed E-state index contributed by atoms with van der Waals surface area (Å²) >= 11 is 0. The van der Waals surface area contributed by atoms with E-state index in [9.17, 15) is 19.2 Å². The lowest BCUT2D eigenvalue weighted by Gasteiger charge is -2.34. The van der Waals surface area contributed by atoms with Gasteiger partial charge in [-0.25, -0.2) is 19.6 Å². The number of amides is 4. The van der Waals surface area contributed by atoms with E-state index in [1.807, 2.05) is 43.7 Å². The Hall–Kier alpha value is -5.92. The minimum Gasteiger partial charge on any atom is -0.453 e. The first kappa shape index (κ1) is 42.8. The van der Waals surface area contributed by atoms with Gasteiger partial charge in [-0.15, -0.1) is 0 Å². The highest BCUT2D eigenvalue weighted by Crippen LogP contribution is 2.43. The Balaban J connectivity index is 1.06. The fraction of sp³-hybridized carbons (Fsp3) is 0.500. The number of alkyl carbamates (subject to hydrolysis) is 2. The van der Waals surface area contributed by atoms with E-state index in [4.69, 9.17) is 19.4 Å². The third-order valence-electron chi connectivity index (χ3n) is 13.5.